The van der Waals surface area contributed by atoms with E-state index in [-0.39, 0.29) is 18.1 Å². The largest absolute Gasteiger partial charge is 0.480 e. The molecule has 148 valence electrons. The SMILES string of the molecule is COc1ccc(C(=O)N2CCCC(S(=O)(=O)N3CCc4ccccc43)C2)nn1. The molecule has 0 N–H and O–H groups in total. The lowest BCUT2D eigenvalue weighted by atomic mass is 10.1. The minimum absolute atomic E-state index is 0.160. The second kappa shape index (κ2) is 7.38. The number of benzene rings is 1. The van der Waals surface area contributed by atoms with Gasteiger partial charge in [-0.3, -0.25) is 9.10 Å². The van der Waals surface area contributed by atoms with Crippen molar-refractivity contribution in [2.75, 3.05) is 31.0 Å². The first-order valence-corrected chi connectivity index (χ1v) is 10.8. The number of amides is 1. The van der Waals surface area contributed by atoms with Gasteiger partial charge in [0.1, 0.15) is 0 Å². The van der Waals surface area contributed by atoms with Gasteiger partial charge in [-0.2, -0.15) is 0 Å². The maximum atomic E-state index is 13.3. The summed E-state index contributed by atoms with van der Waals surface area (Å²) in [4.78, 5) is 14.3. The predicted octanol–water partition coefficient (Wildman–Crippen LogP) is 1.48. The predicted molar refractivity (Wildman–Crippen MR) is 104 cm³/mol. The number of para-hydroxylation sites is 1. The van der Waals surface area contributed by atoms with E-state index in [0.717, 1.165) is 11.3 Å². The van der Waals surface area contributed by atoms with Gasteiger partial charge in [-0.15, -0.1) is 10.2 Å². The zero-order chi connectivity index (χ0) is 19.7. The van der Waals surface area contributed by atoms with Crippen LogP contribution in [0.3, 0.4) is 0 Å². The van der Waals surface area contributed by atoms with E-state index in [1.165, 1.54) is 11.4 Å². The van der Waals surface area contributed by atoms with Gasteiger partial charge in [-0.25, -0.2) is 8.42 Å². The highest BCUT2D eigenvalue weighted by molar-refractivity contribution is 7.93. The quantitative estimate of drug-likeness (QED) is 0.769. The van der Waals surface area contributed by atoms with Crippen LogP contribution < -0.4 is 9.04 Å². The Kier molecular flexibility index (Phi) is 4.92. The average Bonchev–Trinajstić information content (AvgIpc) is 3.18. The first-order chi connectivity index (χ1) is 13.5. The summed E-state index contributed by atoms with van der Waals surface area (Å²) in [6.07, 6.45) is 1.89. The van der Waals surface area contributed by atoms with Crippen molar-refractivity contribution in [2.24, 2.45) is 0 Å². The summed E-state index contributed by atoms with van der Waals surface area (Å²) in [5.41, 5.74) is 1.99. The lowest BCUT2D eigenvalue weighted by Crippen LogP contribution is -2.49. The molecule has 2 aliphatic rings. The van der Waals surface area contributed by atoms with Crippen molar-refractivity contribution in [3.8, 4) is 5.88 Å². The van der Waals surface area contributed by atoms with Gasteiger partial charge in [0, 0.05) is 25.7 Å². The fraction of sp³-hybridized carbons (Fsp3) is 0.421. The lowest BCUT2D eigenvalue weighted by Gasteiger charge is -2.34. The molecular weight excluding hydrogens is 380 g/mol. The summed E-state index contributed by atoms with van der Waals surface area (Å²) in [6, 6.07) is 10.7. The number of fused-ring (bicyclic) bond motifs is 1. The Labute approximate surface area is 164 Å². The average molecular weight is 402 g/mol. The van der Waals surface area contributed by atoms with E-state index in [2.05, 4.69) is 10.2 Å². The Morgan fingerprint density at radius 3 is 2.71 bits per heavy atom. The number of hydrogen-bond donors (Lipinski definition) is 0. The van der Waals surface area contributed by atoms with Gasteiger partial charge in [0.05, 0.1) is 18.0 Å². The molecular formula is C19H22N4O4S. The van der Waals surface area contributed by atoms with E-state index in [1.807, 2.05) is 24.3 Å². The van der Waals surface area contributed by atoms with E-state index in [0.29, 0.717) is 38.2 Å². The number of hydrogen-bond acceptors (Lipinski definition) is 6. The van der Waals surface area contributed by atoms with Gasteiger partial charge in [0.25, 0.3) is 5.91 Å². The molecule has 9 heteroatoms. The second-order valence-corrected chi connectivity index (χ2v) is 9.11. The van der Waals surface area contributed by atoms with Gasteiger partial charge in [0.15, 0.2) is 5.69 Å². The number of carbonyl (C=O) groups excluding carboxylic acids is 1. The number of piperidine rings is 1. The number of likely N-dealkylation sites (tertiary alicyclic amines) is 1. The molecule has 4 rings (SSSR count). The zero-order valence-corrected chi connectivity index (χ0v) is 16.4. The fourth-order valence-corrected chi connectivity index (χ4v) is 5.81. The van der Waals surface area contributed by atoms with Crippen molar-refractivity contribution in [3.05, 3.63) is 47.7 Å². The minimum atomic E-state index is -3.55. The Bertz CT molecular complexity index is 978. The molecule has 8 nitrogen and oxygen atoms in total. The first kappa shape index (κ1) is 18.7. The highest BCUT2D eigenvalue weighted by Gasteiger charge is 2.39. The zero-order valence-electron chi connectivity index (χ0n) is 15.6. The molecule has 0 bridgehead atoms. The van der Waals surface area contributed by atoms with Crippen molar-refractivity contribution in [1.29, 1.82) is 0 Å². The standard InChI is InChI=1S/C19H22N4O4S/c1-27-18-9-8-16(20-21-18)19(24)22-11-4-6-15(13-22)28(25,26)23-12-10-14-5-2-3-7-17(14)23/h2-3,5,7-9,15H,4,6,10-13H2,1H3. The smallest absolute Gasteiger partial charge is 0.274 e. The van der Waals surface area contributed by atoms with Crippen LogP contribution in [0.4, 0.5) is 5.69 Å². The van der Waals surface area contributed by atoms with E-state index >= 15 is 0 Å². The number of methoxy groups -OCH3 is 1. The van der Waals surface area contributed by atoms with Crippen LogP contribution in [0.2, 0.25) is 0 Å². The van der Waals surface area contributed by atoms with Crippen LogP contribution in [-0.2, 0) is 16.4 Å². The number of anilines is 1. The first-order valence-electron chi connectivity index (χ1n) is 9.27. The van der Waals surface area contributed by atoms with Crippen LogP contribution in [0.5, 0.6) is 5.88 Å². The van der Waals surface area contributed by atoms with Gasteiger partial charge < -0.3 is 9.64 Å². The van der Waals surface area contributed by atoms with Crippen molar-refractivity contribution in [1.82, 2.24) is 15.1 Å². The Hall–Kier alpha value is -2.68. The van der Waals surface area contributed by atoms with E-state index in [4.69, 9.17) is 4.74 Å². The van der Waals surface area contributed by atoms with E-state index in [9.17, 15) is 13.2 Å². The fourth-order valence-electron chi connectivity index (χ4n) is 3.82. The number of nitrogens with zero attached hydrogens (tertiary/aromatic N) is 4. The van der Waals surface area contributed by atoms with Gasteiger partial charge in [-0.1, -0.05) is 18.2 Å². The Balaban J connectivity index is 1.52. The number of aromatic nitrogens is 2. The number of ether oxygens (including phenoxy) is 1. The van der Waals surface area contributed by atoms with Crippen LogP contribution >= 0.6 is 0 Å². The minimum Gasteiger partial charge on any atom is -0.480 e. The molecule has 1 unspecified atom stereocenters. The van der Waals surface area contributed by atoms with Crippen molar-refractivity contribution >= 4 is 21.6 Å². The highest BCUT2D eigenvalue weighted by Crippen LogP contribution is 2.33. The maximum Gasteiger partial charge on any atom is 0.274 e. The molecule has 1 atom stereocenters. The maximum absolute atomic E-state index is 13.3. The molecule has 1 aromatic carbocycles. The number of rotatable bonds is 4. The number of carbonyl (C=O) groups is 1. The Morgan fingerprint density at radius 1 is 1.14 bits per heavy atom. The Morgan fingerprint density at radius 2 is 1.96 bits per heavy atom. The van der Waals surface area contributed by atoms with Gasteiger partial charge >= 0.3 is 0 Å². The summed E-state index contributed by atoms with van der Waals surface area (Å²) in [7, 11) is -2.08. The van der Waals surface area contributed by atoms with Crippen LogP contribution in [0.25, 0.3) is 0 Å². The molecule has 3 heterocycles. The van der Waals surface area contributed by atoms with Crippen LogP contribution in [0.1, 0.15) is 28.9 Å². The summed E-state index contributed by atoms with van der Waals surface area (Å²) in [5, 5.41) is 7.09. The summed E-state index contributed by atoms with van der Waals surface area (Å²) in [5.74, 6) is 0.0141. The molecule has 2 aliphatic heterocycles. The summed E-state index contributed by atoms with van der Waals surface area (Å²) >= 11 is 0. The lowest BCUT2D eigenvalue weighted by molar-refractivity contribution is 0.0719. The van der Waals surface area contributed by atoms with Crippen molar-refractivity contribution in [3.63, 3.8) is 0 Å². The molecule has 0 spiro atoms. The third kappa shape index (κ3) is 3.30. The van der Waals surface area contributed by atoms with Crippen LogP contribution in [-0.4, -0.2) is 61.4 Å². The van der Waals surface area contributed by atoms with E-state index < -0.39 is 15.3 Å². The topological polar surface area (TPSA) is 92.7 Å². The molecule has 1 aromatic heterocycles. The highest BCUT2D eigenvalue weighted by atomic mass is 32.2. The molecule has 0 aliphatic carbocycles. The third-order valence-corrected chi connectivity index (χ3v) is 7.53. The number of sulfonamides is 1. The molecule has 1 saturated heterocycles. The third-order valence-electron chi connectivity index (χ3n) is 5.31. The summed E-state index contributed by atoms with van der Waals surface area (Å²) in [6.45, 7) is 1.12. The van der Waals surface area contributed by atoms with Crippen LogP contribution in [0, 0.1) is 0 Å². The van der Waals surface area contributed by atoms with Gasteiger partial charge in [0.2, 0.25) is 15.9 Å². The molecule has 28 heavy (non-hydrogen) atoms. The molecule has 1 amide bonds. The van der Waals surface area contributed by atoms with Gasteiger partial charge in [-0.05, 0) is 37.0 Å². The van der Waals surface area contributed by atoms with Crippen LogP contribution in [0.15, 0.2) is 36.4 Å². The molecule has 2 aromatic rings. The monoisotopic (exact) mass is 402 g/mol. The molecule has 1 fully saturated rings. The molecule has 0 saturated carbocycles. The van der Waals surface area contributed by atoms with Crippen molar-refractivity contribution in [2.45, 2.75) is 24.5 Å². The normalized spacial score (nSPS) is 19.4. The second-order valence-electron chi connectivity index (χ2n) is 6.97. The summed E-state index contributed by atoms with van der Waals surface area (Å²) < 4.78 is 33.0. The molecule has 0 radical (unpaired) electrons. The van der Waals surface area contributed by atoms with E-state index in [1.54, 1.807) is 17.0 Å². The van der Waals surface area contributed by atoms with Crippen molar-refractivity contribution < 1.29 is 17.9 Å².